The molecule has 9 aromatic carbocycles. The van der Waals surface area contributed by atoms with Gasteiger partial charge in [-0.05, 0) is 97.6 Å². The van der Waals surface area contributed by atoms with Crippen LogP contribution in [0.15, 0.2) is 241 Å². The second-order valence-electron chi connectivity index (χ2n) is 16.0. The van der Waals surface area contributed by atoms with E-state index < -0.39 is 10.8 Å². The monoisotopic (exact) mass is 765 g/mol. The largest absolute Gasteiger partial charge is 0.464 e. The SMILES string of the molecule is c1ccc(C2(c3ccccc3)c3ccccc3-c3ccc(N(c4ccc5ccoc5c4)c4cccc5c4-c4ccccc4C5(c4ccccc4)c4ccccc4)cc32)cc1. The Hall–Kier alpha value is -7.68. The van der Waals surface area contributed by atoms with Crippen molar-refractivity contribution in [3.8, 4) is 22.3 Å². The molecule has 0 bridgehead atoms. The summed E-state index contributed by atoms with van der Waals surface area (Å²) in [4.78, 5) is 2.47. The summed E-state index contributed by atoms with van der Waals surface area (Å²) in [6.45, 7) is 0. The zero-order chi connectivity index (χ0) is 39.7. The molecule has 0 unspecified atom stereocenters. The number of benzene rings is 9. The minimum Gasteiger partial charge on any atom is -0.464 e. The first-order chi connectivity index (χ1) is 29.8. The molecule has 0 N–H and O–H groups in total. The summed E-state index contributed by atoms with van der Waals surface area (Å²) < 4.78 is 6.12. The van der Waals surface area contributed by atoms with Crippen molar-refractivity contribution in [1.82, 2.24) is 0 Å². The van der Waals surface area contributed by atoms with E-state index in [1.807, 2.05) is 6.07 Å². The standard InChI is InChI=1S/C58H39NO/c1-5-18-41(19-6-1)57(42-20-7-2-8-21-42)51-29-16-14-27-49(51)56-52(57)30-17-31-54(56)59(46-33-32-40-36-37-60-55(40)39-46)45-34-35-48-47-26-13-15-28-50(47)58(53(48)38-45,43-22-9-3-10-23-43)44-24-11-4-12-25-44/h1-39H. The zero-order valence-electron chi connectivity index (χ0n) is 32.9. The predicted octanol–water partition coefficient (Wildman–Crippen LogP) is 14.6. The van der Waals surface area contributed by atoms with E-state index in [2.05, 4.69) is 229 Å². The van der Waals surface area contributed by atoms with Gasteiger partial charge in [0.2, 0.25) is 0 Å². The first kappa shape index (κ1) is 34.4. The summed E-state index contributed by atoms with van der Waals surface area (Å²) in [5.74, 6) is 0. The van der Waals surface area contributed by atoms with Crippen LogP contribution in [0.3, 0.4) is 0 Å². The van der Waals surface area contributed by atoms with Crippen LogP contribution in [0, 0.1) is 0 Å². The number of fused-ring (bicyclic) bond motifs is 7. The maximum Gasteiger partial charge on any atom is 0.135 e. The molecule has 2 nitrogen and oxygen atoms in total. The van der Waals surface area contributed by atoms with Crippen LogP contribution in [-0.4, -0.2) is 0 Å². The molecular formula is C58H39NO. The number of furan rings is 1. The van der Waals surface area contributed by atoms with Gasteiger partial charge in [0.25, 0.3) is 0 Å². The van der Waals surface area contributed by atoms with E-state index in [1.54, 1.807) is 6.26 Å². The molecule has 2 heteroatoms. The van der Waals surface area contributed by atoms with E-state index in [9.17, 15) is 0 Å². The smallest absolute Gasteiger partial charge is 0.135 e. The van der Waals surface area contributed by atoms with E-state index in [0.717, 1.165) is 28.0 Å². The van der Waals surface area contributed by atoms with Gasteiger partial charge in [0.1, 0.15) is 5.58 Å². The Morgan fingerprint density at radius 3 is 1.42 bits per heavy atom. The van der Waals surface area contributed by atoms with Crippen LogP contribution in [0.1, 0.15) is 44.5 Å². The average molecular weight is 766 g/mol. The second-order valence-corrected chi connectivity index (χ2v) is 16.0. The lowest BCUT2D eigenvalue weighted by atomic mass is 9.67. The summed E-state index contributed by atoms with van der Waals surface area (Å²) in [5, 5.41) is 1.08. The molecule has 0 aliphatic heterocycles. The minimum absolute atomic E-state index is 0.531. The summed E-state index contributed by atoms with van der Waals surface area (Å²) in [6.07, 6.45) is 1.78. The third kappa shape index (κ3) is 4.76. The van der Waals surface area contributed by atoms with Gasteiger partial charge in [-0.25, -0.2) is 0 Å². The van der Waals surface area contributed by atoms with Gasteiger partial charge in [0, 0.05) is 28.4 Å². The number of rotatable bonds is 7. The molecule has 0 saturated carbocycles. The average Bonchev–Trinajstić information content (AvgIpc) is 4.01. The van der Waals surface area contributed by atoms with Gasteiger partial charge in [-0.15, -0.1) is 0 Å². The molecular weight excluding hydrogens is 727 g/mol. The van der Waals surface area contributed by atoms with Gasteiger partial charge in [0.15, 0.2) is 0 Å². The molecule has 0 radical (unpaired) electrons. The quantitative estimate of drug-likeness (QED) is 0.161. The molecule has 60 heavy (non-hydrogen) atoms. The van der Waals surface area contributed by atoms with Gasteiger partial charge >= 0.3 is 0 Å². The molecule has 1 heterocycles. The fraction of sp³-hybridized carbons (Fsp3) is 0.0345. The molecule has 0 atom stereocenters. The number of anilines is 3. The number of hydrogen-bond acceptors (Lipinski definition) is 2. The molecule has 282 valence electrons. The summed E-state index contributed by atoms with van der Waals surface area (Å²) in [5.41, 5.74) is 18.0. The van der Waals surface area contributed by atoms with E-state index in [-0.39, 0.29) is 0 Å². The Kier molecular flexibility index (Phi) is 7.70. The highest BCUT2D eigenvalue weighted by molar-refractivity contribution is 5.99. The highest BCUT2D eigenvalue weighted by Gasteiger charge is 2.49. The van der Waals surface area contributed by atoms with Crippen molar-refractivity contribution in [3.05, 3.63) is 281 Å². The molecule has 1 aromatic heterocycles. The fourth-order valence-electron chi connectivity index (χ4n) is 10.7. The second kappa shape index (κ2) is 13.4. The van der Waals surface area contributed by atoms with Gasteiger partial charge < -0.3 is 9.32 Å². The van der Waals surface area contributed by atoms with E-state index in [0.29, 0.717) is 0 Å². The van der Waals surface area contributed by atoms with E-state index in [4.69, 9.17) is 4.42 Å². The third-order valence-corrected chi connectivity index (χ3v) is 13.1. The van der Waals surface area contributed by atoms with E-state index >= 15 is 0 Å². The van der Waals surface area contributed by atoms with Gasteiger partial charge in [-0.3, -0.25) is 0 Å². The molecule has 0 fully saturated rings. The van der Waals surface area contributed by atoms with Crippen molar-refractivity contribution < 1.29 is 4.42 Å². The maximum atomic E-state index is 6.12. The summed E-state index contributed by atoms with van der Waals surface area (Å²) in [7, 11) is 0. The van der Waals surface area contributed by atoms with Crippen LogP contribution < -0.4 is 4.90 Å². The molecule has 0 saturated heterocycles. The lowest BCUT2D eigenvalue weighted by molar-refractivity contribution is 0.616. The van der Waals surface area contributed by atoms with Crippen molar-refractivity contribution >= 4 is 28.0 Å². The summed E-state index contributed by atoms with van der Waals surface area (Å²) in [6, 6.07) is 84.9. The van der Waals surface area contributed by atoms with Crippen LogP contribution >= 0.6 is 0 Å². The number of hydrogen-bond donors (Lipinski definition) is 0. The van der Waals surface area contributed by atoms with Crippen molar-refractivity contribution in [2.75, 3.05) is 4.90 Å². The van der Waals surface area contributed by atoms with Crippen molar-refractivity contribution in [1.29, 1.82) is 0 Å². The highest BCUT2D eigenvalue weighted by atomic mass is 16.3. The van der Waals surface area contributed by atoms with Crippen molar-refractivity contribution in [3.63, 3.8) is 0 Å². The van der Waals surface area contributed by atoms with E-state index in [1.165, 1.54) is 66.8 Å². The molecule has 0 amide bonds. The van der Waals surface area contributed by atoms with Crippen LogP contribution in [0.4, 0.5) is 17.1 Å². The molecule has 0 spiro atoms. The van der Waals surface area contributed by atoms with Gasteiger partial charge in [0.05, 0.1) is 22.8 Å². The molecule has 2 aliphatic carbocycles. The Morgan fingerprint density at radius 1 is 0.333 bits per heavy atom. The van der Waals surface area contributed by atoms with Crippen molar-refractivity contribution in [2.24, 2.45) is 0 Å². The third-order valence-electron chi connectivity index (χ3n) is 13.1. The van der Waals surface area contributed by atoms with Crippen LogP contribution in [0.5, 0.6) is 0 Å². The minimum atomic E-state index is -0.540. The highest BCUT2D eigenvalue weighted by Crippen LogP contribution is 2.61. The molecule has 2 aliphatic rings. The van der Waals surface area contributed by atoms with Gasteiger partial charge in [-0.2, -0.15) is 0 Å². The lowest BCUT2D eigenvalue weighted by Gasteiger charge is -2.35. The Morgan fingerprint density at radius 2 is 0.800 bits per heavy atom. The van der Waals surface area contributed by atoms with Crippen LogP contribution in [0.2, 0.25) is 0 Å². The summed E-state index contributed by atoms with van der Waals surface area (Å²) >= 11 is 0. The maximum absolute atomic E-state index is 6.12. The van der Waals surface area contributed by atoms with Crippen molar-refractivity contribution in [2.45, 2.75) is 10.8 Å². The number of nitrogens with zero attached hydrogens (tertiary/aromatic N) is 1. The molecule has 10 aromatic rings. The Balaban J connectivity index is 1.18. The first-order valence-corrected chi connectivity index (χ1v) is 20.8. The Bertz CT molecular complexity index is 3120. The first-order valence-electron chi connectivity index (χ1n) is 20.8. The lowest BCUT2D eigenvalue weighted by Crippen LogP contribution is -2.29. The fourth-order valence-corrected chi connectivity index (χ4v) is 10.7. The van der Waals surface area contributed by atoms with Crippen LogP contribution in [0.25, 0.3) is 33.2 Å². The molecule has 12 rings (SSSR count). The van der Waals surface area contributed by atoms with Gasteiger partial charge in [-0.1, -0.05) is 188 Å². The van der Waals surface area contributed by atoms with Crippen LogP contribution in [-0.2, 0) is 10.8 Å². The Labute approximate surface area is 350 Å². The predicted molar refractivity (Wildman–Crippen MR) is 246 cm³/mol. The normalized spacial score (nSPS) is 13.9. The zero-order valence-corrected chi connectivity index (χ0v) is 32.9. The topological polar surface area (TPSA) is 16.4 Å².